The highest BCUT2D eigenvalue weighted by atomic mass is 32.2. The van der Waals surface area contributed by atoms with Gasteiger partial charge in [-0.1, -0.05) is 20.3 Å². The van der Waals surface area contributed by atoms with Gasteiger partial charge in [0, 0.05) is 28.7 Å². The van der Waals surface area contributed by atoms with Gasteiger partial charge in [-0.15, -0.1) is 0 Å². The Morgan fingerprint density at radius 1 is 1.46 bits per heavy atom. The molecule has 0 fully saturated rings. The number of hydrogen-bond donors (Lipinski definition) is 0. The molecule has 0 heterocycles. The molecular weight excluding hydrogens is 182 g/mol. The largest absolute Gasteiger partial charge is 0.260 e. The summed E-state index contributed by atoms with van der Waals surface area (Å²) in [6.45, 7) is 4.25. The van der Waals surface area contributed by atoms with Gasteiger partial charge in [0.15, 0.2) is 0 Å². The van der Waals surface area contributed by atoms with E-state index in [0.717, 1.165) is 30.8 Å². The third-order valence-corrected chi connectivity index (χ3v) is 3.76. The number of rotatable bonds is 7. The molecule has 3 heteroatoms. The average Bonchev–Trinajstić information content (AvgIpc) is 2.12. The van der Waals surface area contributed by atoms with Crippen molar-refractivity contribution in [3.8, 4) is 6.07 Å². The maximum atomic E-state index is 11.4. The third kappa shape index (κ3) is 7.98. The lowest BCUT2D eigenvalue weighted by Crippen LogP contribution is -2.09. The van der Waals surface area contributed by atoms with Crippen molar-refractivity contribution in [2.75, 3.05) is 11.5 Å². The minimum Gasteiger partial charge on any atom is -0.260 e. The van der Waals surface area contributed by atoms with E-state index < -0.39 is 10.8 Å². The molecule has 0 amide bonds. The molecule has 0 rings (SSSR count). The topological polar surface area (TPSA) is 40.9 Å². The van der Waals surface area contributed by atoms with E-state index >= 15 is 0 Å². The van der Waals surface area contributed by atoms with E-state index in [-0.39, 0.29) is 0 Å². The molecule has 0 aliphatic carbocycles. The average molecular weight is 201 g/mol. The van der Waals surface area contributed by atoms with Crippen LogP contribution in [0.25, 0.3) is 0 Å². The highest BCUT2D eigenvalue weighted by Crippen LogP contribution is 2.05. The van der Waals surface area contributed by atoms with Crippen molar-refractivity contribution in [2.45, 2.75) is 39.5 Å². The van der Waals surface area contributed by atoms with Crippen LogP contribution in [0.2, 0.25) is 0 Å². The zero-order valence-corrected chi connectivity index (χ0v) is 9.40. The monoisotopic (exact) mass is 201 g/mol. The Morgan fingerprint density at radius 2 is 2.15 bits per heavy atom. The molecule has 0 aromatic rings. The fourth-order valence-corrected chi connectivity index (χ4v) is 2.55. The first-order valence-corrected chi connectivity index (χ1v) is 6.41. The molecule has 0 aliphatic rings. The maximum Gasteiger partial charge on any atom is 0.0621 e. The SMILES string of the molecule is CCC(C)CS(=O)CCCCC#N. The van der Waals surface area contributed by atoms with Crippen LogP contribution in [0.4, 0.5) is 0 Å². The highest BCUT2D eigenvalue weighted by molar-refractivity contribution is 7.84. The predicted molar refractivity (Wildman–Crippen MR) is 56.8 cm³/mol. The van der Waals surface area contributed by atoms with Gasteiger partial charge < -0.3 is 0 Å². The smallest absolute Gasteiger partial charge is 0.0621 e. The summed E-state index contributed by atoms with van der Waals surface area (Å²) in [5, 5.41) is 8.29. The first kappa shape index (κ1) is 12.6. The van der Waals surface area contributed by atoms with Crippen molar-refractivity contribution < 1.29 is 4.21 Å². The minimum absolute atomic E-state index is 0.566. The number of unbranched alkanes of at least 4 members (excludes halogenated alkanes) is 2. The van der Waals surface area contributed by atoms with Gasteiger partial charge >= 0.3 is 0 Å². The summed E-state index contributed by atoms with van der Waals surface area (Å²) in [4.78, 5) is 0. The molecule has 0 aromatic heterocycles. The van der Waals surface area contributed by atoms with Crippen LogP contribution in [0, 0.1) is 17.2 Å². The van der Waals surface area contributed by atoms with Crippen LogP contribution in [0.3, 0.4) is 0 Å². The second-order valence-corrected chi connectivity index (χ2v) is 5.06. The summed E-state index contributed by atoms with van der Waals surface area (Å²) in [6, 6.07) is 2.09. The molecule has 2 nitrogen and oxygen atoms in total. The van der Waals surface area contributed by atoms with Gasteiger partial charge in [-0.2, -0.15) is 5.26 Å². The van der Waals surface area contributed by atoms with Gasteiger partial charge in [0.1, 0.15) is 0 Å². The summed E-state index contributed by atoms with van der Waals surface area (Å²) in [7, 11) is -0.663. The van der Waals surface area contributed by atoms with Crippen molar-refractivity contribution in [3.63, 3.8) is 0 Å². The van der Waals surface area contributed by atoms with Gasteiger partial charge in [-0.3, -0.25) is 4.21 Å². The first-order chi connectivity index (χ1) is 6.20. The summed E-state index contributed by atoms with van der Waals surface area (Å²) in [5.41, 5.74) is 0. The summed E-state index contributed by atoms with van der Waals surface area (Å²) in [5.74, 6) is 2.16. The second kappa shape index (κ2) is 8.25. The lowest BCUT2D eigenvalue weighted by atomic mass is 10.2. The first-order valence-electron chi connectivity index (χ1n) is 4.92. The Labute approximate surface area is 83.8 Å². The van der Waals surface area contributed by atoms with Crippen molar-refractivity contribution >= 4 is 10.8 Å². The van der Waals surface area contributed by atoms with Crippen molar-refractivity contribution in [1.82, 2.24) is 0 Å². The maximum absolute atomic E-state index is 11.4. The van der Waals surface area contributed by atoms with Crippen LogP contribution < -0.4 is 0 Å². The number of nitriles is 1. The molecule has 0 bridgehead atoms. The van der Waals surface area contributed by atoms with E-state index in [1.807, 2.05) is 0 Å². The Bertz CT molecular complexity index is 186. The third-order valence-electron chi connectivity index (χ3n) is 2.08. The van der Waals surface area contributed by atoms with Crippen molar-refractivity contribution in [1.29, 1.82) is 5.26 Å². The standard InChI is InChI=1S/C10H19NOS/c1-3-10(2)9-13(12)8-6-4-5-7-11/h10H,3-6,8-9H2,1-2H3. The molecule has 13 heavy (non-hydrogen) atoms. The van der Waals surface area contributed by atoms with Gasteiger partial charge in [-0.25, -0.2) is 0 Å². The van der Waals surface area contributed by atoms with E-state index in [2.05, 4.69) is 19.9 Å². The van der Waals surface area contributed by atoms with E-state index in [0.29, 0.717) is 12.3 Å². The second-order valence-electron chi connectivity index (χ2n) is 3.44. The van der Waals surface area contributed by atoms with Crippen LogP contribution in [0.5, 0.6) is 0 Å². The molecule has 0 N–H and O–H groups in total. The zero-order chi connectivity index (χ0) is 10.1. The van der Waals surface area contributed by atoms with Crippen molar-refractivity contribution in [2.24, 2.45) is 5.92 Å². The van der Waals surface area contributed by atoms with Crippen LogP contribution >= 0.6 is 0 Å². The van der Waals surface area contributed by atoms with Gasteiger partial charge in [0.05, 0.1) is 6.07 Å². The molecule has 0 aliphatic heterocycles. The fourth-order valence-electron chi connectivity index (χ4n) is 0.986. The summed E-state index contributed by atoms with van der Waals surface area (Å²) < 4.78 is 11.4. The van der Waals surface area contributed by atoms with E-state index in [1.54, 1.807) is 0 Å². The predicted octanol–water partition coefficient (Wildman–Crippen LogP) is 2.48. The molecule has 0 saturated carbocycles. The van der Waals surface area contributed by atoms with Crippen LogP contribution in [-0.2, 0) is 10.8 Å². The fraction of sp³-hybridized carbons (Fsp3) is 0.900. The molecule has 0 spiro atoms. The minimum atomic E-state index is -0.663. The van der Waals surface area contributed by atoms with E-state index in [9.17, 15) is 4.21 Å². The lowest BCUT2D eigenvalue weighted by molar-refractivity contribution is 0.614. The highest BCUT2D eigenvalue weighted by Gasteiger charge is 2.04. The van der Waals surface area contributed by atoms with Crippen LogP contribution in [-0.4, -0.2) is 15.7 Å². The van der Waals surface area contributed by atoms with Gasteiger partial charge in [0.25, 0.3) is 0 Å². The lowest BCUT2D eigenvalue weighted by Gasteiger charge is -2.06. The van der Waals surface area contributed by atoms with E-state index in [4.69, 9.17) is 5.26 Å². The normalized spacial score (nSPS) is 14.8. The number of hydrogen-bond acceptors (Lipinski definition) is 2. The molecule has 0 aromatic carbocycles. The molecular formula is C10H19NOS. The Kier molecular flexibility index (Phi) is 8.02. The Balaban J connectivity index is 3.36. The molecule has 0 radical (unpaired) electrons. The zero-order valence-electron chi connectivity index (χ0n) is 8.58. The van der Waals surface area contributed by atoms with Crippen LogP contribution in [0.1, 0.15) is 39.5 Å². The molecule has 2 atom stereocenters. The Morgan fingerprint density at radius 3 is 2.69 bits per heavy atom. The van der Waals surface area contributed by atoms with Crippen molar-refractivity contribution in [3.05, 3.63) is 0 Å². The van der Waals surface area contributed by atoms with Crippen LogP contribution in [0.15, 0.2) is 0 Å². The Hall–Kier alpha value is -0.360. The summed E-state index contributed by atoms with van der Waals surface area (Å²) in [6.07, 6.45) is 3.52. The molecule has 76 valence electrons. The van der Waals surface area contributed by atoms with Gasteiger partial charge in [-0.05, 0) is 18.8 Å². The molecule has 2 unspecified atom stereocenters. The quantitative estimate of drug-likeness (QED) is 0.594. The number of nitrogens with zero attached hydrogens (tertiary/aromatic N) is 1. The van der Waals surface area contributed by atoms with Gasteiger partial charge in [0.2, 0.25) is 0 Å². The molecule has 0 saturated heterocycles. The summed E-state index contributed by atoms with van der Waals surface area (Å²) >= 11 is 0. The van der Waals surface area contributed by atoms with E-state index in [1.165, 1.54) is 0 Å².